The number of hydrogen-bond donors (Lipinski definition) is 0. The highest BCUT2D eigenvalue weighted by Crippen LogP contribution is 2.37. The fraction of sp³-hybridized carbons (Fsp3) is 0.136. The molecule has 0 radical (unpaired) electrons. The van der Waals surface area contributed by atoms with Crippen molar-refractivity contribution in [2.45, 2.75) is 9.79 Å². The average Bonchev–Trinajstić information content (AvgIpc) is 2.78. The van der Waals surface area contributed by atoms with Crippen LogP contribution in [0.2, 0.25) is 5.02 Å². The third-order valence-corrected chi connectivity index (χ3v) is 7.99. The van der Waals surface area contributed by atoms with Crippen molar-refractivity contribution < 1.29 is 13.2 Å². The Morgan fingerprint density at radius 2 is 1.73 bits per heavy atom. The topological polar surface area (TPSA) is 57.7 Å². The largest absolute Gasteiger partial charge is 0.306 e. The van der Waals surface area contributed by atoms with Crippen molar-refractivity contribution in [1.29, 1.82) is 0 Å². The molecule has 0 N–H and O–H groups in total. The van der Waals surface area contributed by atoms with Gasteiger partial charge in [0.25, 0.3) is 15.9 Å². The van der Waals surface area contributed by atoms with E-state index in [0.29, 0.717) is 22.8 Å². The summed E-state index contributed by atoms with van der Waals surface area (Å²) in [5.74, 6) is 0.605. The highest BCUT2D eigenvalue weighted by atomic mass is 35.5. The molecule has 8 heteroatoms. The number of rotatable bonds is 4. The van der Waals surface area contributed by atoms with Crippen LogP contribution in [-0.2, 0) is 10.0 Å². The van der Waals surface area contributed by atoms with E-state index in [4.69, 9.17) is 11.6 Å². The van der Waals surface area contributed by atoms with Gasteiger partial charge < -0.3 is 4.90 Å². The summed E-state index contributed by atoms with van der Waals surface area (Å²) in [6, 6.07) is 20.4. The number of hydrogen-bond acceptors (Lipinski definition) is 4. The average molecular weight is 459 g/mol. The fourth-order valence-electron chi connectivity index (χ4n) is 3.26. The summed E-state index contributed by atoms with van der Waals surface area (Å²) >= 11 is 7.81. The minimum Gasteiger partial charge on any atom is -0.306 e. The second-order valence-electron chi connectivity index (χ2n) is 6.75. The highest BCUT2D eigenvalue weighted by molar-refractivity contribution is 7.99. The molecule has 4 rings (SSSR count). The molecule has 3 aromatic rings. The molecule has 154 valence electrons. The summed E-state index contributed by atoms with van der Waals surface area (Å²) in [6.07, 6.45) is 0. The van der Waals surface area contributed by atoms with E-state index in [9.17, 15) is 13.2 Å². The first-order valence-electron chi connectivity index (χ1n) is 9.26. The van der Waals surface area contributed by atoms with Crippen molar-refractivity contribution in [3.8, 4) is 0 Å². The predicted molar refractivity (Wildman–Crippen MR) is 122 cm³/mol. The molecule has 1 heterocycles. The number of fused-ring (bicyclic) bond motifs is 1. The van der Waals surface area contributed by atoms with Crippen molar-refractivity contribution in [3.05, 3.63) is 83.4 Å². The van der Waals surface area contributed by atoms with Gasteiger partial charge in [0.2, 0.25) is 0 Å². The quantitative estimate of drug-likeness (QED) is 0.557. The molecule has 1 aliphatic rings. The van der Waals surface area contributed by atoms with Crippen LogP contribution < -0.4 is 9.21 Å². The molecular weight excluding hydrogens is 440 g/mol. The van der Waals surface area contributed by atoms with E-state index in [0.717, 1.165) is 16.3 Å². The van der Waals surface area contributed by atoms with E-state index in [2.05, 4.69) is 0 Å². The zero-order valence-corrected chi connectivity index (χ0v) is 18.5. The summed E-state index contributed by atoms with van der Waals surface area (Å²) in [7, 11) is -2.22. The SMILES string of the molecule is CN(c1ccccc1)S(=O)(=O)c1ccc(C(=O)N2CCSc3ccc(Cl)cc32)cc1. The van der Waals surface area contributed by atoms with E-state index in [1.54, 1.807) is 59.1 Å². The first-order valence-corrected chi connectivity index (χ1v) is 12.1. The van der Waals surface area contributed by atoms with E-state index >= 15 is 0 Å². The number of nitrogens with zero attached hydrogens (tertiary/aromatic N) is 2. The molecule has 0 aliphatic carbocycles. The Bertz CT molecular complexity index is 1180. The van der Waals surface area contributed by atoms with E-state index in [-0.39, 0.29) is 10.8 Å². The van der Waals surface area contributed by atoms with Crippen LogP contribution in [0.25, 0.3) is 0 Å². The Kier molecular flexibility index (Phi) is 5.77. The Balaban J connectivity index is 1.60. The first-order chi connectivity index (χ1) is 14.4. The Hall–Kier alpha value is -2.48. The minimum atomic E-state index is -3.73. The zero-order chi connectivity index (χ0) is 21.3. The number of carbonyl (C=O) groups excluding carboxylic acids is 1. The molecule has 0 saturated carbocycles. The number of halogens is 1. The van der Waals surface area contributed by atoms with Crippen LogP contribution in [-0.4, -0.2) is 33.7 Å². The molecule has 0 atom stereocenters. The smallest absolute Gasteiger partial charge is 0.264 e. The van der Waals surface area contributed by atoms with Gasteiger partial charge in [-0.3, -0.25) is 9.10 Å². The number of para-hydroxylation sites is 1. The van der Waals surface area contributed by atoms with Crippen molar-refractivity contribution >= 4 is 50.7 Å². The van der Waals surface area contributed by atoms with Gasteiger partial charge in [0.1, 0.15) is 0 Å². The second kappa shape index (κ2) is 8.34. The molecule has 0 spiro atoms. The van der Waals surface area contributed by atoms with Gasteiger partial charge in [-0.1, -0.05) is 29.8 Å². The van der Waals surface area contributed by atoms with Gasteiger partial charge in [0.05, 0.1) is 16.3 Å². The van der Waals surface area contributed by atoms with E-state index < -0.39 is 10.0 Å². The number of anilines is 2. The summed E-state index contributed by atoms with van der Waals surface area (Å²) in [5.41, 5.74) is 1.77. The lowest BCUT2D eigenvalue weighted by Gasteiger charge is -2.29. The molecule has 1 amide bonds. The third kappa shape index (κ3) is 3.93. The molecular formula is C22H19ClN2O3S2. The minimum absolute atomic E-state index is 0.128. The summed E-state index contributed by atoms with van der Waals surface area (Å²) in [4.78, 5) is 15.9. The Morgan fingerprint density at radius 3 is 2.43 bits per heavy atom. The normalized spacial score (nSPS) is 13.6. The fourth-order valence-corrected chi connectivity index (χ4v) is 5.60. The summed E-state index contributed by atoms with van der Waals surface area (Å²) < 4.78 is 27.1. The Morgan fingerprint density at radius 1 is 1.03 bits per heavy atom. The summed E-state index contributed by atoms with van der Waals surface area (Å²) in [6.45, 7) is 0.563. The van der Waals surface area contributed by atoms with Gasteiger partial charge in [0, 0.05) is 34.8 Å². The molecule has 1 aliphatic heterocycles. The molecule has 0 aromatic heterocycles. The van der Waals surface area contributed by atoms with Gasteiger partial charge >= 0.3 is 0 Å². The van der Waals surface area contributed by atoms with Crippen LogP contribution in [0.1, 0.15) is 10.4 Å². The monoisotopic (exact) mass is 458 g/mol. The third-order valence-electron chi connectivity index (χ3n) is 4.91. The van der Waals surface area contributed by atoms with Gasteiger partial charge in [-0.05, 0) is 54.6 Å². The highest BCUT2D eigenvalue weighted by Gasteiger charge is 2.26. The number of amides is 1. The van der Waals surface area contributed by atoms with E-state index in [1.807, 2.05) is 18.2 Å². The van der Waals surface area contributed by atoms with Crippen LogP contribution in [0.5, 0.6) is 0 Å². The number of sulfonamides is 1. The molecule has 30 heavy (non-hydrogen) atoms. The lowest BCUT2D eigenvalue weighted by atomic mass is 10.1. The number of carbonyl (C=O) groups is 1. The maximum atomic E-state index is 13.1. The number of benzene rings is 3. The van der Waals surface area contributed by atoms with Crippen molar-refractivity contribution in [1.82, 2.24) is 0 Å². The zero-order valence-electron chi connectivity index (χ0n) is 16.2. The lowest BCUT2D eigenvalue weighted by molar-refractivity contribution is 0.0987. The van der Waals surface area contributed by atoms with Crippen LogP contribution >= 0.6 is 23.4 Å². The Labute approximate surface area is 185 Å². The lowest BCUT2D eigenvalue weighted by Crippen LogP contribution is -2.35. The maximum absolute atomic E-state index is 13.1. The molecule has 0 bridgehead atoms. The van der Waals surface area contributed by atoms with Gasteiger partial charge in [0.15, 0.2) is 0 Å². The first kappa shape index (κ1) is 20.8. The standard InChI is InChI=1S/C22H19ClN2O3S2/c1-24(18-5-3-2-4-6-18)30(27,28)19-10-7-16(8-11-19)22(26)25-13-14-29-21-12-9-17(23)15-20(21)25/h2-12,15H,13-14H2,1H3. The van der Waals surface area contributed by atoms with E-state index in [1.165, 1.54) is 23.5 Å². The van der Waals surface area contributed by atoms with Crippen molar-refractivity contribution in [2.75, 3.05) is 28.6 Å². The maximum Gasteiger partial charge on any atom is 0.264 e. The van der Waals surface area contributed by atoms with Gasteiger partial charge in [-0.25, -0.2) is 8.42 Å². The van der Waals surface area contributed by atoms with Crippen molar-refractivity contribution in [3.63, 3.8) is 0 Å². The van der Waals surface area contributed by atoms with Crippen molar-refractivity contribution in [2.24, 2.45) is 0 Å². The van der Waals surface area contributed by atoms with Crippen LogP contribution in [0.15, 0.2) is 82.6 Å². The molecule has 0 unspecified atom stereocenters. The molecule has 0 saturated heterocycles. The van der Waals surface area contributed by atoms with Crippen LogP contribution in [0.3, 0.4) is 0 Å². The second-order valence-corrected chi connectivity index (χ2v) is 10.3. The number of thioether (sulfide) groups is 1. The molecule has 3 aromatic carbocycles. The van der Waals surface area contributed by atoms with Crippen LogP contribution in [0, 0.1) is 0 Å². The molecule has 5 nitrogen and oxygen atoms in total. The van der Waals surface area contributed by atoms with Gasteiger partial charge in [-0.2, -0.15) is 0 Å². The van der Waals surface area contributed by atoms with Gasteiger partial charge in [-0.15, -0.1) is 11.8 Å². The summed E-state index contributed by atoms with van der Waals surface area (Å²) in [5, 5.41) is 0.569. The van der Waals surface area contributed by atoms with Crippen LogP contribution in [0.4, 0.5) is 11.4 Å². The predicted octanol–water partition coefficient (Wildman–Crippen LogP) is 4.92. The molecule has 0 fully saturated rings.